The maximum Gasteiger partial charge on any atom is 0.319 e. The molecule has 1 aromatic heterocycles. The number of rotatable bonds is 6. The Morgan fingerprint density at radius 1 is 1.45 bits per heavy atom. The molecule has 0 aliphatic heterocycles. The van der Waals surface area contributed by atoms with E-state index in [0.717, 1.165) is 11.3 Å². The second-order valence-electron chi connectivity index (χ2n) is 5.03. The van der Waals surface area contributed by atoms with Gasteiger partial charge in [-0.25, -0.2) is 9.78 Å². The van der Waals surface area contributed by atoms with Crippen LogP contribution in [0.3, 0.4) is 0 Å². The minimum Gasteiger partial charge on any atom is -0.494 e. The highest BCUT2D eigenvalue weighted by Gasteiger charge is 2.09. The van der Waals surface area contributed by atoms with Crippen molar-refractivity contribution in [2.24, 2.45) is 0 Å². The molecular formula is C15H21N5O2. The zero-order valence-electron chi connectivity index (χ0n) is 13.0. The number of anilines is 1. The van der Waals surface area contributed by atoms with E-state index in [1.807, 2.05) is 39.0 Å². The lowest BCUT2D eigenvalue weighted by atomic mass is 10.2. The molecule has 0 radical (unpaired) electrons. The molecule has 0 aliphatic carbocycles. The van der Waals surface area contributed by atoms with Crippen molar-refractivity contribution in [3.8, 4) is 5.75 Å². The lowest BCUT2D eigenvalue weighted by Gasteiger charge is -2.15. The highest BCUT2D eigenvalue weighted by molar-refractivity contribution is 5.89. The summed E-state index contributed by atoms with van der Waals surface area (Å²) in [5.74, 6) is 0.774. The molecule has 2 N–H and O–H groups in total. The van der Waals surface area contributed by atoms with Crippen molar-refractivity contribution in [2.45, 2.75) is 33.4 Å². The van der Waals surface area contributed by atoms with Crippen LogP contribution >= 0.6 is 0 Å². The molecular weight excluding hydrogens is 282 g/mol. The average molecular weight is 303 g/mol. The Morgan fingerprint density at radius 3 is 2.95 bits per heavy atom. The van der Waals surface area contributed by atoms with Gasteiger partial charge >= 0.3 is 6.03 Å². The van der Waals surface area contributed by atoms with Gasteiger partial charge in [-0.05, 0) is 32.4 Å². The first-order chi connectivity index (χ1) is 10.6. The molecule has 0 aliphatic rings. The van der Waals surface area contributed by atoms with Gasteiger partial charge in [0.15, 0.2) is 0 Å². The van der Waals surface area contributed by atoms with Crippen molar-refractivity contribution in [2.75, 3.05) is 11.9 Å². The van der Waals surface area contributed by atoms with E-state index in [4.69, 9.17) is 4.74 Å². The standard InChI is InChI=1S/C15H21N5O2/c1-4-22-14-7-13(6-5-11(14)2)19-15(21)18-12(3)8-20-10-16-9-17-20/h5-7,9-10,12H,4,8H2,1-3H3,(H2,18,19,21). The van der Waals surface area contributed by atoms with Crippen molar-refractivity contribution in [3.63, 3.8) is 0 Å². The van der Waals surface area contributed by atoms with Gasteiger partial charge in [0, 0.05) is 17.8 Å². The van der Waals surface area contributed by atoms with Gasteiger partial charge in [-0.15, -0.1) is 0 Å². The summed E-state index contributed by atoms with van der Waals surface area (Å²) in [4.78, 5) is 15.9. The number of urea groups is 1. The molecule has 7 nitrogen and oxygen atoms in total. The second kappa shape index (κ2) is 7.44. The number of ether oxygens (including phenoxy) is 1. The first-order valence-electron chi connectivity index (χ1n) is 7.22. The molecule has 0 saturated carbocycles. The third-order valence-electron chi connectivity index (χ3n) is 3.05. The van der Waals surface area contributed by atoms with Crippen LogP contribution in [0.2, 0.25) is 0 Å². The summed E-state index contributed by atoms with van der Waals surface area (Å²) in [7, 11) is 0. The highest BCUT2D eigenvalue weighted by atomic mass is 16.5. The number of hydrogen-bond acceptors (Lipinski definition) is 4. The largest absolute Gasteiger partial charge is 0.494 e. The third-order valence-corrected chi connectivity index (χ3v) is 3.05. The smallest absolute Gasteiger partial charge is 0.319 e. The maximum absolute atomic E-state index is 12.0. The number of aryl methyl sites for hydroxylation is 1. The van der Waals surface area contributed by atoms with Gasteiger partial charge in [-0.1, -0.05) is 6.07 Å². The fourth-order valence-corrected chi connectivity index (χ4v) is 2.03. The number of carbonyl (C=O) groups is 1. The van der Waals surface area contributed by atoms with Crippen molar-refractivity contribution in [3.05, 3.63) is 36.4 Å². The van der Waals surface area contributed by atoms with E-state index in [2.05, 4.69) is 20.7 Å². The molecule has 22 heavy (non-hydrogen) atoms. The van der Waals surface area contributed by atoms with Crippen molar-refractivity contribution >= 4 is 11.7 Å². The number of hydrogen-bond donors (Lipinski definition) is 2. The average Bonchev–Trinajstić information content (AvgIpc) is 2.95. The molecule has 0 fully saturated rings. The maximum atomic E-state index is 12.0. The van der Waals surface area contributed by atoms with E-state index in [1.165, 1.54) is 6.33 Å². The number of amides is 2. The molecule has 1 unspecified atom stereocenters. The van der Waals surface area contributed by atoms with Crippen molar-refractivity contribution in [1.82, 2.24) is 20.1 Å². The SMILES string of the molecule is CCOc1cc(NC(=O)NC(C)Cn2cncn2)ccc1C. The van der Waals surface area contributed by atoms with Crippen LogP contribution in [0.1, 0.15) is 19.4 Å². The quantitative estimate of drug-likeness (QED) is 0.857. The molecule has 118 valence electrons. The lowest BCUT2D eigenvalue weighted by molar-refractivity contribution is 0.247. The predicted molar refractivity (Wildman–Crippen MR) is 84.0 cm³/mol. The molecule has 2 rings (SSSR count). The zero-order valence-corrected chi connectivity index (χ0v) is 13.0. The molecule has 0 saturated heterocycles. The summed E-state index contributed by atoms with van der Waals surface area (Å²) in [5, 5.41) is 9.66. The molecule has 1 heterocycles. The van der Waals surface area contributed by atoms with E-state index in [9.17, 15) is 4.79 Å². The minimum atomic E-state index is -0.265. The number of nitrogens with zero attached hydrogens (tertiary/aromatic N) is 3. The van der Waals surface area contributed by atoms with Crippen LogP contribution in [-0.4, -0.2) is 33.4 Å². The van der Waals surface area contributed by atoms with E-state index in [1.54, 1.807) is 11.0 Å². The molecule has 0 bridgehead atoms. The topological polar surface area (TPSA) is 81.1 Å². The van der Waals surface area contributed by atoms with Gasteiger partial charge < -0.3 is 15.4 Å². The van der Waals surface area contributed by atoms with Crippen LogP contribution in [0.4, 0.5) is 10.5 Å². The predicted octanol–water partition coefficient (Wildman–Crippen LogP) is 2.20. The summed E-state index contributed by atoms with van der Waals surface area (Å²) >= 11 is 0. The Balaban J connectivity index is 1.90. The lowest BCUT2D eigenvalue weighted by Crippen LogP contribution is -2.38. The van der Waals surface area contributed by atoms with E-state index < -0.39 is 0 Å². The Hall–Kier alpha value is -2.57. The first-order valence-corrected chi connectivity index (χ1v) is 7.22. The highest BCUT2D eigenvalue weighted by Crippen LogP contribution is 2.22. The van der Waals surface area contributed by atoms with Crippen molar-refractivity contribution < 1.29 is 9.53 Å². The third kappa shape index (κ3) is 4.47. The van der Waals surface area contributed by atoms with Gasteiger partial charge in [0.25, 0.3) is 0 Å². The number of nitrogens with one attached hydrogen (secondary N) is 2. The first kappa shape index (κ1) is 15.8. The second-order valence-corrected chi connectivity index (χ2v) is 5.03. The summed E-state index contributed by atoms with van der Waals surface area (Å²) in [5.41, 5.74) is 1.73. The van der Waals surface area contributed by atoms with Gasteiger partial charge in [-0.3, -0.25) is 4.68 Å². The normalized spacial score (nSPS) is 11.8. The van der Waals surface area contributed by atoms with E-state index in [-0.39, 0.29) is 12.1 Å². The molecule has 1 atom stereocenters. The monoisotopic (exact) mass is 303 g/mol. The van der Waals surface area contributed by atoms with E-state index in [0.29, 0.717) is 18.8 Å². The fraction of sp³-hybridized carbons (Fsp3) is 0.400. The molecule has 2 aromatic rings. The Labute approximate surface area is 129 Å². The van der Waals surface area contributed by atoms with Gasteiger partial charge in [0.1, 0.15) is 18.4 Å². The summed E-state index contributed by atoms with van der Waals surface area (Å²) in [6.45, 7) is 6.95. The Morgan fingerprint density at radius 2 is 2.27 bits per heavy atom. The van der Waals surface area contributed by atoms with Crippen molar-refractivity contribution in [1.29, 1.82) is 0 Å². The summed E-state index contributed by atoms with van der Waals surface area (Å²) in [6, 6.07) is 5.25. The fourth-order valence-electron chi connectivity index (χ4n) is 2.03. The Kier molecular flexibility index (Phi) is 5.35. The number of carbonyl (C=O) groups excluding carboxylic acids is 1. The van der Waals surface area contributed by atoms with Gasteiger partial charge in [0.2, 0.25) is 0 Å². The van der Waals surface area contributed by atoms with Crippen LogP contribution in [0.25, 0.3) is 0 Å². The number of aromatic nitrogens is 3. The van der Waals surface area contributed by atoms with Gasteiger partial charge in [-0.2, -0.15) is 5.10 Å². The zero-order chi connectivity index (χ0) is 15.9. The molecule has 7 heteroatoms. The molecule has 2 amide bonds. The molecule has 1 aromatic carbocycles. The molecule has 0 spiro atoms. The van der Waals surface area contributed by atoms with Crippen LogP contribution in [0, 0.1) is 6.92 Å². The van der Waals surface area contributed by atoms with Crippen LogP contribution < -0.4 is 15.4 Å². The van der Waals surface area contributed by atoms with Crippen LogP contribution in [0.15, 0.2) is 30.9 Å². The van der Waals surface area contributed by atoms with Crippen LogP contribution in [-0.2, 0) is 6.54 Å². The summed E-state index contributed by atoms with van der Waals surface area (Å²) < 4.78 is 7.19. The Bertz CT molecular complexity index is 612. The number of benzene rings is 1. The van der Waals surface area contributed by atoms with E-state index >= 15 is 0 Å². The van der Waals surface area contributed by atoms with Gasteiger partial charge in [0.05, 0.1) is 13.2 Å². The summed E-state index contributed by atoms with van der Waals surface area (Å²) in [6.07, 6.45) is 3.08. The van der Waals surface area contributed by atoms with Crippen LogP contribution in [0.5, 0.6) is 5.75 Å². The minimum absolute atomic E-state index is 0.0708.